The van der Waals surface area contributed by atoms with Crippen LogP contribution in [0.4, 0.5) is 0 Å². The number of esters is 2. The van der Waals surface area contributed by atoms with Crippen LogP contribution in [-0.4, -0.2) is 45.6 Å². The molecule has 0 heterocycles. The van der Waals surface area contributed by atoms with Gasteiger partial charge in [0, 0.05) is 11.8 Å². The number of ketones is 2. The number of hydrogen-bond acceptors (Lipinski definition) is 6. The first-order valence-electron chi connectivity index (χ1n) is 8.33. The number of methoxy groups -OCH3 is 2. The number of hydrogen-bond donors (Lipinski definition) is 0. The highest BCUT2D eigenvalue weighted by molar-refractivity contribution is 14.1. The molecule has 6 aliphatic carbocycles. The molecular weight excluding hydrogens is 554 g/mol. The average molecular weight is 570 g/mol. The fourth-order valence-corrected chi connectivity index (χ4v) is 10.6. The number of Topliss-reactive ketones (excluding diaryl/α,β-unsaturated/α-hetero) is 2. The van der Waals surface area contributed by atoms with Crippen molar-refractivity contribution in [2.24, 2.45) is 46.3 Å². The van der Waals surface area contributed by atoms with E-state index < -0.39 is 34.6 Å². The third-order valence-electron chi connectivity index (χ3n) is 7.85. The van der Waals surface area contributed by atoms with Gasteiger partial charge in [-0.05, 0) is 30.1 Å². The summed E-state index contributed by atoms with van der Waals surface area (Å²) in [6.07, 6.45) is 0.216. The van der Waals surface area contributed by atoms with Crippen LogP contribution in [0.3, 0.4) is 0 Å². The molecule has 0 N–H and O–H groups in total. The molecule has 0 aromatic heterocycles. The molecule has 0 amide bonds. The quantitative estimate of drug-likeness (QED) is 0.282. The molecule has 8 heteroatoms. The zero-order chi connectivity index (χ0) is 18.0. The SMILES string of the molecule is COC(=O)C12CC3(C(=O)OC)C4C(=O)C(I)C1C4C1C2C(=O)C(I)C13. The van der Waals surface area contributed by atoms with Crippen LogP contribution in [-0.2, 0) is 28.7 Å². The fraction of sp³-hybridized carbons (Fsp3) is 0.765. The van der Waals surface area contributed by atoms with Gasteiger partial charge in [0.1, 0.15) is 0 Å². The van der Waals surface area contributed by atoms with Gasteiger partial charge in [0.05, 0.1) is 32.9 Å². The maximum Gasteiger partial charge on any atom is 0.312 e. The number of halogens is 2. The molecule has 134 valence electrons. The zero-order valence-electron chi connectivity index (χ0n) is 13.5. The second-order valence-corrected chi connectivity index (χ2v) is 10.7. The van der Waals surface area contributed by atoms with Crippen molar-refractivity contribution in [3.63, 3.8) is 0 Å². The highest BCUT2D eigenvalue weighted by Gasteiger charge is 2.92. The van der Waals surface area contributed by atoms with Crippen molar-refractivity contribution in [3.05, 3.63) is 0 Å². The van der Waals surface area contributed by atoms with Gasteiger partial charge in [-0.1, -0.05) is 45.2 Å². The Balaban J connectivity index is 1.85. The molecule has 6 fully saturated rings. The van der Waals surface area contributed by atoms with Gasteiger partial charge in [-0.25, -0.2) is 0 Å². The smallest absolute Gasteiger partial charge is 0.312 e. The van der Waals surface area contributed by atoms with Crippen LogP contribution in [0.25, 0.3) is 0 Å². The van der Waals surface area contributed by atoms with Crippen molar-refractivity contribution >= 4 is 68.7 Å². The predicted molar refractivity (Wildman–Crippen MR) is 100 cm³/mol. The lowest BCUT2D eigenvalue weighted by atomic mass is 9.53. The first kappa shape index (κ1) is 16.9. The minimum atomic E-state index is -1.06. The van der Waals surface area contributed by atoms with Crippen LogP contribution in [0, 0.1) is 46.3 Å². The van der Waals surface area contributed by atoms with E-state index in [1.54, 1.807) is 0 Å². The van der Waals surface area contributed by atoms with Crippen molar-refractivity contribution in [1.82, 2.24) is 0 Å². The summed E-state index contributed by atoms with van der Waals surface area (Å²) >= 11 is 4.22. The molecule has 0 radical (unpaired) electrons. The summed E-state index contributed by atoms with van der Waals surface area (Å²) in [5.74, 6) is -2.19. The van der Waals surface area contributed by atoms with E-state index in [1.807, 2.05) is 0 Å². The van der Waals surface area contributed by atoms with Gasteiger partial charge < -0.3 is 9.47 Å². The first-order valence-corrected chi connectivity index (χ1v) is 10.8. The van der Waals surface area contributed by atoms with E-state index in [4.69, 9.17) is 9.47 Å². The summed E-state index contributed by atoms with van der Waals surface area (Å²) in [4.78, 5) is 52.2. The molecule has 25 heavy (non-hydrogen) atoms. The second-order valence-electron chi connectivity index (χ2n) is 8.01. The molecule has 0 aromatic carbocycles. The standard InChI is InChI=1S/C17H16I2O6/c1-24-14(22)16-3-17(15(23)25-2)7-5(8(16)12(20)11(7)19)4-6(16)10(18)13(21)9(4)17/h4-11H,3H2,1-2H3. The molecule has 6 rings (SSSR count). The average Bonchev–Trinajstić information content (AvgIpc) is 3.15. The van der Waals surface area contributed by atoms with Gasteiger partial charge in [-0.3, -0.25) is 19.2 Å². The lowest BCUT2D eigenvalue weighted by molar-refractivity contribution is -0.180. The van der Waals surface area contributed by atoms with E-state index in [9.17, 15) is 19.2 Å². The Hall–Kier alpha value is -0.260. The van der Waals surface area contributed by atoms with E-state index in [0.717, 1.165) is 0 Å². The Morgan fingerprint density at radius 2 is 1.24 bits per heavy atom. The number of rotatable bonds is 2. The van der Waals surface area contributed by atoms with Gasteiger partial charge in [0.2, 0.25) is 0 Å². The lowest BCUT2D eigenvalue weighted by Gasteiger charge is -2.48. The topological polar surface area (TPSA) is 86.7 Å². The maximum atomic E-state index is 13.1. The molecular formula is C17H16I2O6. The van der Waals surface area contributed by atoms with Crippen LogP contribution in [0.15, 0.2) is 0 Å². The normalized spacial score (nSPS) is 56.6. The number of carbonyl (C=O) groups is 4. The molecule has 6 nitrogen and oxygen atoms in total. The van der Waals surface area contributed by atoms with E-state index in [2.05, 4.69) is 45.2 Å². The maximum absolute atomic E-state index is 13.1. The molecule has 0 saturated heterocycles. The first-order chi connectivity index (χ1) is 11.8. The fourth-order valence-electron chi connectivity index (χ4n) is 7.61. The largest absolute Gasteiger partial charge is 0.469 e. The van der Waals surface area contributed by atoms with Gasteiger partial charge in [0.25, 0.3) is 0 Å². The highest BCUT2D eigenvalue weighted by Crippen LogP contribution is 2.85. The third-order valence-corrected chi connectivity index (χ3v) is 10.6. The molecule has 6 saturated carbocycles. The van der Waals surface area contributed by atoms with Crippen LogP contribution < -0.4 is 0 Å². The molecule has 0 aromatic rings. The minimum absolute atomic E-state index is 0.0516. The Labute approximate surface area is 171 Å². The Bertz CT molecular complexity index is 704. The van der Waals surface area contributed by atoms with E-state index >= 15 is 0 Å². The Morgan fingerprint density at radius 3 is 1.56 bits per heavy atom. The number of carbonyl (C=O) groups excluding carboxylic acids is 4. The summed E-state index contributed by atoms with van der Waals surface area (Å²) in [5, 5.41) is 0. The third kappa shape index (κ3) is 1.39. The van der Waals surface area contributed by atoms with Gasteiger partial charge in [-0.2, -0.15) is 0 Å². The number of alkyl halides is 2. The lowest BCUT2D eigenvalue weighted by Crippen LogP contribution is -2.56. The van der Waals surface area contributed by atoms with Crippen molar-refractivity contribution in [2.45, 2.75) is 14.3 Å². The molecule has 6 aliphatic rings. The summed E-state index contributed by atoms with van der Waals surface area (Å²) in [6, 6.07) is 0. The van der Waals surface area contributed by atoms with Crippen molar-refractivity contribution in [3.8, 4) is 0 Å². The Kier molecular flexibility index (Phi) is 3.22. The van der Waals surface area contributed by atoms with Crippen LogP contribution >= 0.6 is 45.2 Å². The monoisotopic (exact) mass is 570 g/mol. The van der Waals surface area contributed by atoms with E-state index in [1.165, 1.54) is 14.2 Å². The van der Waals surface area contributed by atoms with E-state index in [0.29, 0.717) is 0 Å². The van der Waals surface area contributed by atoms with Gasteiger partial charge >= 0.3 is 11.9 Å². The predicted octanol–water partition coefficient (Wildman–Crippen LogP) is 1.21. The number of ether oxygens (including phenoxy) is 2. The summed E-state index contributed by atoms with van der Waals surface area (Å²) in [6.45, 7) is 0. The summed E-state index contributed by atoms with van der Waals surface area (Å²) in [5.41, 5.74) is -2.11. The van der Waals surface area contributed by atoms with Crippen molar-refractivity contribution in [2.75, 3.05) is 14.2 Å². The molecule has 8 bridgehead atoms. The molecule has 0 spiro atoms. The van der Waals surface area contributed by atoms with Crippen LogP contribution in [0.2, 0.25) is 0 Å². The summed E-state index contributed by atoms with van der Waals surface area (Å²) in [7, 11) is 2.65. The van der Waals surface area contributed by atoms with Crippen LogP contribution in [0.1, 0.15) is 6.42 Å². The molecule has 0 aliphatic heterocycles. The van der Waals surface area contributed by atoms with Crippen molar-refractivity contribution in [1.29, 1.82) is 0 Å². The highest BCUT2D eigenvalue weighted by atomic mass is 127. The van der Waals surface area contributed by atoms with Gasteiger partial charge in [-0.15, -0.1) is 0 Å². The van der Waals surface area contributed by atoms with E-state index in [-0.39, 0.29) is 49.5 Å². The Morgan fingerprint density at radius 1 is 0.880 bits per heavy atom. The van der Waals surface area contributed by atoms with Gasteiger partial charge in [0.15, 0.2) is 11.6 Å². The van der Waals surface area contributed by atoms with Crippen molar-refractivity contribution < 1.29 is 28.7 Å². The van der Waals surface area contributed by atoms with Crippen LogP contribution in [0.5, 0.6) is 0 Å². The minimum Gasteiger partial charge on any atom is -0.469 e. The molecule has 10 atom stereocenters. The second kappa shape index (κ2) is 4.77. The molecule has 10 unspecified atom stereocenters. The zero-order valence-corrected chi connectivity index (χ0v) is 17.8. The summed E-state index contributed by atoms with van der Waals surface area (Å²) < 4.78 is 9.58.